The predicted molar refractivity (Wildman–Crippen MR) is 96.3 cm³/mol. The second-order valence-corrected chi connectivity index (χ2v) is 7.33. The topological polar surface area (TPSA) is 73.2 Å². The zero-order chi connectivity index (χ0) is 17.9. The van der Waals surface area contributed by atoms with Gasteiger partial charge in [0.25, 0.3) is 10.0 Å². The lowest BCUT2D eigenvalue weighted by atomic mass is 10.2. The molecule has 130 valence electrons. The third kappa shape index (κ3) is 4.00. The van der Waals surface area contributed by atoms with Gasteiger partial charge in [-0.05, 0) is 36.2 Å². The average Bonchev–Trinajstić information content (AvgIpc) is 3.02. The molecule has 3 rings (SSSR count). The number of rotatable bonds is 6. The monoisotopic (exact) mass is 357 g/mol. The molecule has 0 aliphatic carbocycles. The van der Waals surface area contributed by atoms with Crippen molar-refractivity contribution in [3.63, 3.8) is 0 Å². The smallest absolute Gasteiger partial charge is 0.262 e. The molecule has 25 heavy (non-hydrogen) atoms. The summed E-state index contributed by atoms with van der Waals surface area (Å²) >= 11 is 0. The van der Waals surface area contributed by atoms with E-state index in [1.165, 1.54) is 12.3 Å². The summed E-state index contributed by atoms with van der Waals surface area (Å²) in [7, 11) is -2.13. The molecule has 6 nitrogen and oxygen atoms in total. The molecule has 0 amide bonds. The van der Waals surface area contributed by atoms with Gasteiger partial charge in [0, 0.05) is 6.20 Å². The normalized spacial score (nSPS) is 11.3. The lowest BCUT2D eigenvalue weighted by molar-refractivity contribution is 0.411. The van der Waals surface area contributed by atoms with Crippen molar-refractivity contribution in [2.24, 2.45) is 0 Å². The van der Waals surface area contributed by atoms with Crippen molar-refractivity contribution in [2.75, 3.05) is 11.8 Å². The molecule has 0 aliphatic heterocycles. The Labute approximate surface area is 147 Å². The first-order valence-electron chi connectivity index (χ1n) is 7.72. The molecule has 1 heterocycles. The van der Waals surface area contributed by atoms with Crippen LogP contribution in [0.25, 0.3) is 0 Å². The van der Waals surface area contributed by atoms with Crippen molar-refractivity contribution in [3.8, 4) is 5.75 Å². The second-order valence-electron chi connectivity index (χ2n) is 5.65. The second kappa shape index (κ2) is 6.98. The minimum atomic E-state index is -3.68. The van der Waals surface area contributed by atoms with E-state index in [0.29, 0.717) is 18.0 Å². The highest BCUT2D eigenvalue weighted by Gasteiger charge is 2.16. The minimum Gasteiger partial charge on any atom is -0.496 e. The molecule has 7 heteroatoms. The van der Waals surface area contributed by atoms with Gasteiger partial charge in [-0.2, -0.15) is 5.10 Å². The van der Waals surface area contributed by atoms with Crippen molar-refractivity contribution in [1.82, 2.24) is 9.78 Å². The molecular weight excluding hydrogens is 338 g/mol. The van der Waals surface area contributed by atoms with Gasteiger partial charge in [0.2, 0.25) is 0 Å². The van der Waals surface area contributed by atoms with E-state index in [-0.39, 0.29) is 4.90 Å². The number of ether oxygens (including phenoxy) is 1. The number of nitrogens with one attached hydrogen (secondary N) is 1. The van der Waals surface area contributed by atoms with Crippen LogP contribution in [0.2, 0.25) is 0 Å². The number of benzene rings is 2. The van der Waals surface area contributed by atoms with Crippen LogP contribution in [-0.4, -0.2) is 25.3 Å². The fraction of sp³-hybridized carbons (Fsp3) is 0.167. The zero-order valence-corrected chi connectivity index (χ0v) is 14.8. The Morgan fingerprint density at radius 1 is 1.16 bits per heavy atom. The van der Waals surface area contributed by atoms with Crippen LogP contribution < -0.4 is 9.46 Å². The Hall–Kier alpha value is -2.80. The summed E-state index contributed by atoms with van der Waals surface area (Å²) in [6, 6.07) is 14.6. The van der Waals surface area contributed by atoms with Crippen LogP contribution in [0.4, 0.5) is 5.69 Å². The number of anilines is 1. The molecule has 0 aliphatic rings. The fourth-order valence-corrected chi connectivity index (χ4v) is 3.62. The van der Waals surface area contributed by atoms with Gasteiger partial charge in [-0.1, -0.05) is 30.3 Å². The van der Waals surface area contributed by atoms with E-state index < -0.39 is 10.0 Å². The minimum absolute atomic E-state index is 0.182. The molecule has 0 spiro atoms. The Balaban J connectivity index is 1.76. The summed E-state index contributed by atoms with van der Waals surface area (Å²) in [5.41, 5.74) is 2.26. The molecule has 0 unspecified atom stereocenters. The first kappa shape index (κ1) is 17.0. The van der Waals surface area contributed by atoms with Crippen LogP contribution in [0.3, 0.4) is 0 Å². The Kier molecular flexibility index (Phi) is 4.76. The molecule has 0 bridgehead atoms. The van der Waals surface area contributed by atoms with Crippen molar-refractivity contribution in [3.05, 3.63) is 72.1 Å². The van der Waals surface area contributed by atoms with Crippen LogP contribution in [0.1, 0.15) is 11.1 Å². The zero-order valence-electron chi connectivity index (χ0n) is 14.0. The first-order valence-corrected chi connectivity index (χ1v) is 9.20. The number of aryl methyl sites for hydroxylation is 1. The summed E-state index contributed by atoms with van der Waals surface area (Å²) in [5.74, 6) is 0.648. The number of aromatic nitrogens is 2. The van der Waals surface area contributed by atoms with Gasteiger partial charge in [0.1, 0.15) is 5.75 Å². The third-order valence-electron chi connectivity index (χ3n) is 3.75. The number of sulfonamides is 1. The SMILES string of the molecule is COc1ccc(S(=O)(=O)Nc2cnn(Cc3ccccc3)c2)cc1C. The van der Waals surface area contributed by atoms with E-state index >= 15 is 0 Å². The quantitative estimate of drug-likeness (QED) is 0.736. The summed E-state index contributed by atoms with van der Waals surface area (Å²) in [6.45, 7) is 2.37. The van der Waals surface area contributed by atoms with Gasteiger partial charge in [0.05, 0.1) is 30.4 Å². The molecule has 0 saturated heterocycles. The summed E-state index contributed by atoms with van der Waals surface area (Å²) in [5, 5.41) is 4.20. The van der Waals surface area contributed by atoms with E-state index in [2.05, 4.69) is 9.82 Å². The predicted octanol–water partition coefficient (Wildman–Crippen LogP) is 3.05. The third-order valence-corrected chi connectivity index (χ3v) is 5.13. The van der Waals surface area contributed by atoms with E-state index in [4.69, 9.17) is 4.74 Å². The fourth-order valence-electron chi connectivity index (χ4n) is 2.51. The molecule has 1 aromatic heterocycles. The Morgan fingerprint density at radius 3 is 2.60 bits per heavy atom. The maximum absolute atomic E-state index is 12.5. The largest absolute Gasteiger partial charge is 0.496 e. The highest BCUT2D eigenvalue weighted by molar-refractivity contribution is 7.92. The van der Waals surface area contributed by atoms with Crippen LogP contribution in [0, 0.1) is 6.92 Å². The summed E-state index contributed by atoms with van der Waals surface area (Å²) < 4.78 is 34.5. The van der Waals surface area contributed by atoms with Crippen LogP contribution in [-0.2, 0) is 16.6 Å². The molecule has 2 aromatic carbocycles. The summed E-state index contributed by atoms with van der Waals surface area (Å²) in [6.07, 6.45) is 3.16. The summed E-state index contributed by atoms with van der Waals surface area (Å²) in [4.78, 5) is 0.182. The highest BCUT2D eigenvalue weighted by Crippen LogP contribution is 2.23. The van der Waals surface area contributed by atoms with Crippen molar-refractivity contribution < 1.29 is 13.2 Å². The van der Waals surface area contributed by atoms with Crippen LogP contribution in [0.5, 0.6) is 5.75 Å². The molecule has 1 N–H and O–H groups in total. The molecule has 0 atom stereocenters. The molecule has 0 fully saturated rings. The number of hydrogen-bond acceptors (Lipinski definition) is 4. The van der Waals surface area contributed by atoms with Crippen LogP contribution >= 0.6 is 0 Å². The van der Waals surface area contributed by atoms with Crippen molar-refractivity contribution >= 4 is 15.7 Å². The van der Waals surface area contributed by atoms with Gasteiger partial charge < -0.3 is 4.74 Å². The maximum Gasteiger partial charge on any atom is 0.262 e. The number of methoxy groups -OCH3 is 1. The first-order chi connectivity index (χ1) is 12.0. The van der Waals surface area contributed by atoms with Crippen molar-refractivity contribution in [2.45, 2.75) is 18.4 Å². The highest BCUT2D eigenvalue weighted by atomic mass is 32.2. The van der Waals surface area contributed by atoms with Crippen LogP contribution in [0.15, 0.2) is 65.8 Å². The van der Waals surface area contributed by atoms with E-state index in [1.54, 1.807) is 37.0 Å². The lowest BCUT2D eigenvalue weighted by Crippen LogP contribution is -2.12. The van der Waals surface area contributed by atoms with E-state index in [9.17, 15) is 8.42 Å². The van der Waals surface area contributed by atoms with E-state index in [0.717, 1.165) is 11.1 Å². The Bertz CT molecular complexity index is 966. The van der Waals surface area contributed by atoms with Crippen molar-refractivity contribution in [1.29, 1.82) is 0 Å². The van der Waals surface area contributed by atoms with Gasteiger partial charge in [0.15, 0.2) is 0 Å². The van der Waals surface area contributed by atoms with E-state index in [1.807, 2.05) is 30.3 Å². The number of nitrogens with zero attached hydrogens (tertiary/aromatic N) is 2. The Morgan fingerprint density at radius 2 is 1.92 bits per heavy atom. The molecule has 0 radical (unpaired) electrons. The standard InChI is InChI=1S/C18H19N3O3S/c1-14-10-17(8-9-18(14)24-2)25(22,23)20-16-11-19-21(13-16)12-15-6-4-3-5-7-15/h3-11,13,20H,12H2,1-2H3. The molecule has 3 aromatic rings. The average molecular weight is 357 g/mol. The molecular formula is C18H19N3O3S. The number of hydrogen-bond donors (Lipinski definition) is 1. The maximum atomic E-state index is 12.5. The van der Waals surface area contributed by atoms with Gasteiger partial charge in [-0.15, -0.1) is 0 Å². The van der Waals surface area contributed by atoms with Gasteiger partial charge in [-0.3, -0.25) is 9.40 Å². The molecule has 0 saturated carbocycles. The van der Waals surface area contributed by atoms with Gasteiger partial charge >= 0.3 is 0 Å². The lowest BCUT2D eigenvalue weighted by Gasteiger charge is -2.09. The van der Waals surface area contributed by atoms with Gasteiger partial charge in [-0.25, -0.2) is 8.42 Å².